The maximum atomic E-state index is 13.3. The number of aliphatic hydroxyl groups excluding tert-OH is 1. The number of carbonyl (C=O) groups excluding carboxylic acids is 2. The van der Waals surface area contributed by atoms with E-state index in [0.29, 0.717) is 27.6 Å². The number of amides is 1. The van der Waals surface area contributed by atoms with E-state index in [4.69, 9.17) is 21.1 Å². The van der Waals surface area contributed by atoms with Crippen molar-refractivity contribution in [1.82, 2.24) is 4.90 Å². The predicted octanol–water partition coefficient (Wildman–Crippen LogP) is 5.76. The number of hydrogen-bond donors (Lipinski definition) is 1. The number of halogens is 1. The monoisotopic (exact) mass is 491 g/mol. The first-order chi connectivity index (χ1) is 16.8. The van der Waals surface area contributed by atoms with Crippen molar-refractivity contribution in [2.75, 3.05) is 7.11 Å². The molecule has 6 nitrogen and oxygen atoms in total. The van der Waals surface area contributed by atoms with Gasteiger partial charge in [0.2, 0.25) is 0 Å². The zero-order chi connectivity index (χ0) is 25.1. The van der Waals surface area contributed by atoms with Crippen molar-refractivity contribution in [3.8, 4) is 11.5 Å². The minimum atomic E-state index is -0.813. The summed E-state index contributed by atoms with van der Waals surface area (Å²) in [7, 11) is 1.55. The number of Topliss-reactive ketones (excluding diaryl/α,β-unsaturated/α-hetero) is 1. The average Bonchev–Trinajstić information content (AvgIpc) is 3.09. The molecule has 1 saturated heterocycles. The lowest BCUT2D eigenvalue weighted by Gasteiger charge is -2.26. The van der Waals surface area contributed by atoms with Crippen LogP contribution in [0.2, 0.25) is 5.02 Å². The van der Waals surface area contributed by atoms with Gasteiger partial charge in [-0.1, -0.05) is 54.1 Å². The van der Waals surface area contributed by atoms with Crippen LogP contribution in [0.3, 0.4) is 0 Å². The number of rotatable bonds is 7. The molecule has 0 radical (unpaired) electrons. The number of ketones is 1. The highest BCUT2D eigenvalue weighted by Crippen LogP contribution is 2.41. The van der Waals surface area contributed by atoms with E-state index in [1.807, 2.05) is 32.0 Å². The topological polar surface area (TPSA) is 76.1 Å². The Bertz CT molecular complexity index is 1280. The van der Waals surface area contributed by atoms with Gasteiger partial charge >= 0.3 is 0 Å². The van der Waals surface area contributed by atoms with Gasteiger partial charge in [-0.05, 0) is 49.7 Å². The Hall–Kier alpha value is -3.77. The number of likely N-dealkylation sites (tertiary alicyclic amines) is 1. The molecular weight excluding hydrogens is 466 g/mol. The van der Waals surface area contributed by atoms with Crippen LogP contribution in [0.1, 0.15) is 36.6 Å². The van der Waals surface area contributed by atoms with Crippen LogP contribution in [0, 0.1) is 0 Å². The highest BCUT2D eigenvalue weighted by atomic mass is 35.5. The Kier molecular flexibility index (Phi) is 7.12. The fourth-order valence-corrected chi connectivity index (χ4v) is 4.39. The van der Waals surface area contributed by atoms with Gasteiger partial charge in [0, 0.05) is 16.1 Å². The molecule has 0 spiro atoms. The third-order valence-electron chi connectivity index (χ3n) is 5.74. The second kappa shape index (κ2) is 10.2. The first-order valence-electron chi connectivity index (χ1n) is 11.2. The van der Waals surface area contributed by atoms with Crippen molar-refractivity contribution in [2.24, 2.45) is 0 Å². The van der Waals surface area contributed by atoms with Gasteiger partial charge in [-0.15, -0.1) is 0 Å². The molecule has 1 amide bonds. The second-order valence-electron chi connectivity index (χ2n) is 8.48. The molecule has 35 heavy (non-hydrogen) atoms. The fraction of sp³-hybridized carbons (Fsp3) is 0.214. The molecule has 1 aliphatic rings. The van der Waals surface area contributed by atoms with Gasteiger partial charge in [0.1, 0.15) is 17.3 Å². The highest BCUT2D eigenvalue weighted by molar-refractivity contribution is 6.46. The summed E-state index contributed by atoms with van der Waals surface area (Å²) in [4.78, 5) is 28.0. The zero-order valence-corrected chi connectivity index (χ0v) is 20.5. The number of ether oxygens (including phenoxy) is 2. The number of hydrogen-bond acceptors (Lipinski definition) is 5. The fourth-order valence-electron chi connectivity index (χ4n) is 4.20. The van der Waals surface area contributed by atoms with Gasteiger partial charge in [0.25, 0.3) is 11.7 Å². The molecule has 4 rings (SSSR count). The average molecular weight is 492 g/mol. The molecule has 1 aliphatic heterocycles. The highest BCUT2D eigenvalue weighted by Gasteiger charge is 2.46. The summed E-state index contributed by atoms with van der Waals surface area (Å²) in [5.41, 5.74) is 1.77. The van der Waals surface area contributed by atoms with Gasteiger partial charge in [0.05, 0.1) is 31.4 Å². The third-order valence-corrected chi connectivity index (χ3v) is 5.97. The van der Waals surface area contributed by atoms with Gasteiger partial charge in [-0.2, -0.15) is 0 Å². The number of carbonyl (C=O) groups is 2. The molecule has 7 heteroatoms. The Labute approximate surface area is 209 Å². The second-order valence-corrected chi connectivity index (χ2v) is 8.92. The van der Waals surface area contributed by atoms with Crippen molar-refractivity contribution >= 4 is 29.1 Å². The van der Waals surface area contributed by atoms with Crippen LogP contribution in [0.25, 0.3) is 5.76 Å². The lowest BCUT2D eigenvalue weighted by Crippen LogP contribution is -2.29. The molecule has 1 unspecified atom stereocenters. The molecule has 3 aromatic carbocycles. The smallest absolute Gasteiger partial charge is 0.295 e. The third kappa shape index (κ3) is 5.03. The molecule has 1 N–H and O–H groups in total. The first kappa shape index (κ1) is 24.4. The largest absolute Gasteiger partial charge is 0.507 e. The summed E-state index contributed by atoms with van der Waals surface area (Å²) in [6, 6.07) is 20.2. The quantitative estimate of drug-likeness (QED) is 0.258. The van der Waals surface area contributed by atoms with E-state index in [-0.39, 0.29) is 24.0 Å². The van der Waals surface area contributed by atoms with Gasteiger partial charge in [-0.25, -0.2) is 0 Å². The normalized spacial score (nSPS) is 17.2. The standard InChI is InChI=1S/C28H26ClNO5/c1-17(2)35-22-13-11-18(12-14-22)25-24(26(31)19-8-6-9-21(29)15-19)27(32)28(33)30(25)16-20-7-4-5-10-23(20)34-3/h4-15,17,25,31H,16H2,1-3H3/b26-24-. The number of nitrogens with zero attached hydrogens (tertiary/aromatic N) is 1. The van der Waals surface area contributed by atoms with E-state index >= 15 is 0 Å². The first-order valence-corrected chi connectivity index (χ1v) is 11.6. The molecule has 0 aliphatic carbocycles. The van der Waals surface area contributed by atoms with Crippen molar-refractivity contribution in [2.45, 2.75) is 32.5 Å². The molecule has 1 fully saturated rings. The van der Waals surface area contributed by atoms with Gasteiger partial charge in [-0.3, -0.25) is 9.59 Å². The van der Waals surface area contributed by atoms with E-state index in [0.717, 1.165) is 5.56 Å². The minimum Gasteiger partial charge on any atom is -0.507 e. The number of aliphatic hydroxyl groups is 1. The van der Waals surface area contributed by atoms with E-state index in [2.05, 4.69) is 0 Å². The molecule has 3 aromatic rings. The summed E-state index contributed by atoms with van der Waals surface area (Å²) in [5.74, 6) is -0.471. The van der Waals surface area contributed by atoms with Crippen LogP contribution in [0.5, 0.6) is 11.5 Å². The summed E-state index contributed by atoms with van der Waals surface area (Å²) < 4.78 is 11.2. The van der Waals surface area contributed by atoms with E-state index in [1.165, 1.54) is 4.90 Å². The minimum absolute atomic E-state index is 0.000129. The van der Waals surface area contributed by atoms with E-state index < -0.39 is 17.7 Å². The van der Waals surface area contributed by atoms with Gasteiger partial charge < -0.3 is 19.5 Å². The van der Waals surface area contributed by atoms with Gasteiger partial charge in [0.15, 0.2) is 0 Å². The summed E-state index contributed by atoms with van der Waals surface area (Å²) in [6.45, 7) is 3.98. The van der Waals surface area contributed by atoms with Crippen LogP contribution in [-0.2, 0) is 16.1 Å². The predicted molar refractivity (Wildman–Crippen MR) is 134 cm³/mol. The van der Waals surface area contributed by atoms with E-state index in [9.17, 15) is 14.7 Å². The Morgan fingerprint density at radius 2 is 1.74 bits per heavy atom. The Balaban J connectivity index is 1.84. The molecule has 0 aromatic heterocycles. The summed E-state index contributed by atoms with van der Waals surface area (Å²) >= 11 is 6.12. The Morgan fingerprint density at radius 1 is 1.03 bits per heavy atom. The molecule has 180 valence electrons. The SMILES string of the molecule is COc1ccccc1CN1C(=O)C(=O)/C(=C(\O)c2cccc(Cl)c2)C1c1ccc(OC(C)C)cc1. The molecule has 0 bridgehead atoms. The zero-order valence-electron chi connectivity index (χ0n) is 19.7. The molecule has 1 atom stereocenters. The molecule has 1 heterocycles. The van der Waals surface area contributed by atoms with Crippen LogP contribution in [0.15, 0.2) is 78.4 Å². The number of methoxy groups -OCH3 is 1. The number of para-hydroxylation sites is 1. The van der Waals surface area contributed by atoms with Crippen LogP contribution in [0.4, 0.5) is 0 Å². The van der Waals surface area contributed by atoms with Crippen LogP contribution < -0.4 is 9.47 Å². The summed E-state index contributed by atoms with van der Waals surface area (Å²) in [6.07, 6.45) is -0.000129. The lowest BCUT2D eigenvalue weighted by atomic mass is 9.95. The van der Waals surface area contributed by atoms with Crippen LogP contribution >= 0.6 is 11.6 Å². The maximum Gasteiger partial charge on any atom is 0.295 e. The maximum absolute atomic E-state index is 13.3. The lowest BCUT2D eigenvalue weighted by molar-refractivity contribution is -0.140. The molecular formula is C28H26ClNO5. The van der Waals surface area contributed by atoms with Crippen LogP contribution in [-0.4, -0.2) is 34.9 Å². The van der Waals surface area contributed by atoms with Crippen molar-refractivity contribution in [3.63, 3.8) is 0 Å². The Morgan fingerprint density at radius 3 is 2.40 bits per heavy atom. The number of benzene rings is 3. The van der Waals surface area contributed by atoms with Crippen molar-refractivity contribution < 1.29 is 24.2 Å². The molecule has 0 saturated carbocycles. The van der Waals surface area contributed by atoms with Crippen molar-refractivity contribution in [1.29, 1.82) is 0 Å². The van der Waals surface area contributed by atoms with Crippen molar-refractivity contribution in [3.05, 3.63) is 100 Å². The van der Waals surface area contributed by atoms with E-state index in [1.54, 1.807) is 61.7 Å². The summed E-state index contributed by atoms with van der Waals surface area (Å²) in [5, 5.41) is 11.6.